The van der Waals surface area contributed by atoms with E-state index in [1.54, 1.807) is 24.3 Å². The highest BCUT2D eigenvalue weighted by atomic mass is 35.5. The Balaban J connectivity index is 0.00000176. The van der Waals surface area contributed by atoms with Crippen LogP contribution in [-0.2, 0) is 14.3 Å². The average molecular weight is 326 g/mol. The Labute approximate surface area is 135 Å². The van der Waals surface area contributed by atoms with Crippen molar-refractivity contribution in [3.05, 3.63) is 35.9 Å². The van der Waals surface area contributed by atoms with E-state index in [4.69, 9.17) is 9.47 Å². The van der Waals surface area contributed by atoms with E-state index in [0.717, 1.165) is 12.8 Å². The Morgan fingerprint density at radius 1 is 1.18 bits per heavy atom. The zero-order valence-corrected chi connectivity index (χ0v) is 13.2. The highest BCUT2D eigenvalue weighted by Crippen LogP contribution is 2.34. The molecule has 0 aliphatic carbocycles. The normalized spacial score (nSPS) is 29.3. The summed E-state index contributed by atoms with van der Waals surface area (Å²) in [4.78, 5) is 24.2. The van der Waals surface area contributed by atoms with Crippen molar-refractivity contribution < 1.29 is 19.1 Å². The summed E-state index contributed by atoms with van der Waals surface area (Å²) in [6, 6.07) is 9.23. The van der Waals surface area contributed by atoms with E-state index in [1.807, 2.05) is 6.07 Å². The summed E-state index contributed by atoms with van der Waals surface area (Å²) in [5, 5.41) is 3.41. The Kier molecular flexibility index (Phi) is 5.42. The van der Waals surface area contributed by atoms with Crippen LogP contribution in [0.3, 0.4) is 0 Å². The summed E-state index contributed by atoms with van der Waals surface area (Å²) in [6.07, 6.45) is 2.18. The first-order chi connectivity index (χ1) is 10.2. The number of methoxy groups -OCH3 is 1. The van der Waals surface area contributed by atoms with Gasteiger partial charge in [-0.05, 0) is 25.0 Å². The fourth-order valence-corrected chi connectivity index (χ4v) is 3.36. The maximum atomic E-state index is 12.2. The van der Waals surface area contributed by atoms with Crippen LogP contribution in [0, 0.1) is 5.92 Å². The van der Waals surface area contributed by atoms with Gasteiger partial charge in [-0.2, -0.15) is 0 Å². The summed E-state index contributed by atoms with van der Waals surface area (Å²) in [5.74, 6) is -1.10. The van der Waals surface area contributed by atoms with Crippen molar-refractivity contribution in [2.45, 2.75) is 37.5 Å². The van der Waals surface area contributed by atoms with Crippen LogP contribution in [-0.4, -0.2) is 37.2 Å². The molecule has 1 aromatic rings. The number of benzene rings is 1. The van der Waals surface area contributed by atoms with Crippen molar-refractivity contribution in [2.75, 3.05) is 7.11 Å². The summed E-state index contributed by atoms with van der Waals surface area (Å²) >= 11 is 0. The Hall–Kier alpha value is -1.59. The Bertz CT molecular complexity index is 536. The molecule has 2 aliphatic rings. The molecule has 2 fully saturated rings. The standard InChI is InChI=1S/C16H19NO4.ClH/c1-20-16(19)14-12-8-7-11(17-12)9-13(14)21-15(18)10-5-3-2-4-6-10;/h2-6,11-14,17H,7-9H2,1H3;1H. The van der Waals surface area contributed by atoms with Crippen molar-refractivity contribution in [3.63, 3.8) is 0 Å². The lowest BCUT2D eigenvalue weighted by Crippen LogP contribution is -2.53. The first kappa shape index (κ1) is 16.8. The van der Waals surface area contributed by atoms with Gasteiger partial charge in [0.2, 0.25) is 0 Å². The van der Waals surface area contributed by atoms with Gasteiger partial charge in [-0.1, -0.05) is 18.2 Å². The molecule has 4 unspecified atom stereocenters. The number of hydrogen-bond acceptors (Lipinski definition) is 5. The first-order valence-electron chi connectivity index (χ1n) is 7.29. The molecule has 2 bridgehead atoms. The van der Waals surface area contributed by atoms with E-state index in [0.29, 0.717) is 18.0 Å². The summed E-state index contributed by atoms with van der Waals surface area (Å²) in [6.45, 7) is 0. The Morgan fingerprint density at radius 3 is 2.59 bits per heavy atom. The molecule has 22 heavy (non-hydrogen) atoms. The van der Waals surface area contributed by atoms with Gasteiger partial charge in [-0.3, -0.25) is 4.79 Å². The van der Waals surface area contributed by atoms with Crippen LogP contribution in [0.15, 0.2) is 30.3 Å². The molecule has 5 nitrogen and oxygen atoms in total. The molecule has 0 aromatic heterocycles. The van der Waals surface area contributed by atoms with E-state index in [1.165, 1.54) is 7.11 Å². The number of nitrogens with one attached hydrogen (secondary N) is 1. The fraction of sp³-hybridized carbons (Fsp3) is 0.500. The van der Waals surface area contributed by atoms with Crippen LogP contribution in [0.4, 0.5) is 0 Å². The molecule has 0 spiro atoms. The van der Waals surface area contributed by atoms with E-state index in [9.17, 15) is 9.59 Å². The summed E-state index contributed by atoms with van der Waals surface area (Å²) in [5.41, 5.74) is 0.506. The van der Waals surface area contributed by atoms with Crippen LogP contribution in [0.2, 0.25) is 0 Å². The minimum absolute atomic E-state index is 0. The lowest BCUT2D eigenvalue weighted by Gasteiger charge is -2.35. The summed E-state index contributed by atoms with van der Waals surface area (Å²) in [7, 11) is 1.37. The van der Waals surface area contributed by atoms with Gasteiger partial charge in [0.15, 0.2) is 0 Å². The Morgan fingerprint density at radius 2 is 1.91 bits per heavy atom. The summed E-state index contributed by atoms with van der Waals surface area (Å²) < 4.78 is 10.5. The second-order valence-electron chi connectivity index (χ2n) is 5.64. The minimum Gasteiger partial charge on any atom is -0.469 e. The number of piperidine rings is 1. The van der Waals surface area contributed by atoms with E-state index < -0.39 is 12.0 Å². The molecule has 2 saturated heterocycles. The molecule has 0 amide bonds. The number of rotatable bonds is 3. The number of carbonyl (C=O) groups is 2. The van der Waals surface area contributed by atoms with Crippen molar-refractivity contribution >= 4 is 24.3 Å². The van der Waals surface area contributed by atoms with Crippen LogP contribution in [0.5, 0.6) is 0 Å². The third kappa shape index (κ3) is 3.25. The molecule has 3 rings (SSSR count). The monoisotopic (exact) mass is 325 g/mol. The van der Waals surface area contributed by atoms with Crippen molar-refractivity contribution in [2.24, 2.45) is 5.92 Å². The topological polar surface area (TPSA) is 64.6 Å². The zero-order chi connectivity index (χ0) is 14.8. The van der Waals surface area contributed by atoms with Crippen molar-refractivity contribution in [1.82, 2.24) is 5.32 Å². The molecular formula is C16H20ClNO4. The smallest absolute Gasteiger partial charge is 0.338 e. The average Bonchev–Trinajstić information content (AvgIpc) is 2.89. The maximum absolute atomic E-state index is 12.2. The number of hydrogen-bond donors (Lipinski definition) is 1. The van der Waals surface area contributed by atoms with E-state index in [-0.39, 0.29) is 30.4 Å². The number of carbonyl (C=O) groups excluding carboxylic acids is 2. The van der Waals surface area contributed by atoms with E-state index >= 15 is 0 Å². The van der Waals surface area contributed by atoms with Crippen LogP contribution in [0.25, 0.3) is 0 Å². The fourth-order valence-electron chi connectivity index (χ4n) is 3.36. The van der Waals surface area contributed by atoms with Crippen LogP contribution in [0.1, 0.15) is 29.6 Å². The predicted octanol–water partition coefficient (Wildman–Crippen LogP) is 1.95. The SMILES string of the molecule is COC(=O)C1C2CCC(CC1OC(=O)c1ccccc1)N2.Cl. The molecule has 1 aromatic carbocycles. The molecule has 0 radical (unpaired) electrons. The van der Waals surface area contributed by atoms with Crippen LogP contribution >= 0.6 is 12.4 Å². The highest BCUT2D eigenvalue weighted by molar-refractivity contribution is 5.89. The van der Waals surface area contributed by atoms with Gasteiger partial charge in [0.05, 0.1) is 12.7 Å². The molecule has 1 N–H and O–H groups in total. The number of esters is 2. The number of fused-ring (bicyclic) bond motifs is 2. The molecule has 0 saturated carbocycles. The van der Waals surface area contributed by atoms with Gasteiger partial charge < -0.3 is 14.8 Å². The van der Waals surface area contributed by atoms with Crippen molar-refractivity contribution in [1.29, 1.82) is 0 Å². The quantitative estimate of drug-likeness (QED) is 0.861. The van der Waals surface area contributed by atoms with Gasteiger partial charge in [0.1, 0.15) is 12.0 Å². The molecule has 6 heteroatoms. The van der Waals surface area contributed by atoms with Gasteiger partial charge in [0.25, 0.3) is 0 Å². The third-order valence-electron chi connectivity index (χ3n) is 4.37. The lowest BCUT2D eigenvalue weighted by molar-refractivity contribution is -0.152. The third-order valence-corrected chi connectivity index (χ3v) is 4.37. The second-order valence-corrected chi connectivity index (χ2v) is 5.64. The molecular weight excluding hydrogens is 306 g/mol. The predicted molar refractivity (Wildman–Crippen MR) is 83.0 cm³/mol. The van der Waals surface area contributed by atoms with Gasteiger partial charge in [-0.15, -0.1) is 12.4 Å². The lowest BCUT2D eigenvalue weighted by atomic mass is 9.89. The first-order valence-corrected chi connectivity index (χ1v) is 7.29. The molecule has 2 aliphatic heterocycles. The second kappa shape index (κ2) is 7.11. The number of ether oxygens (including phenoxy) is 2. The van der Waals surface area contributed by atoms with Gasteiger partial charge in [0, 0.05) is 18.5 Å². The highest BCUT2D eigenvalue weighted by Gasteiger charge is 2.47. The molecule has 4 atom stereocenters. The zero-order valence-electron chi connectivity index (χ0n) is 12.4. The molecule has 2 heterocycles. The van der Waals surface area contributed by atoms with Gasteiger partial charge in [-0.25, -0.2) is 4.79 Å². The maximum Gasteiger partial charge on any atom is 0.338 e. The largest absolute Gasteiger partial charge is 0.469 e. The van der Waals surface area contributed by atoms with Crippen LogP contribution < -0.4 is 5.32 Å². The van der Waals surface area contributed by atoms with Gasteiger partial charge >= 0.3 is 11.9 Å². The van der Waals surface area contributed by atoms with E-state index in [2.05, 4.69) is 5.32 Å². The number of halogens is 1. The van der Waals surface area contributed by atoms with Crippen molar-refractivity contribution in [3.8, 4) is 0 Å². The minimum atomic E-state index is -0.415. The molecule has 120 valence electrons.